The summed E-state index contributed by atoms with van der Waals surface area (Å²) in [5.41, 5.74) is 9.70. The van der Waals surface area contributed by atoms with Gasteiger partial charge in [-0.15, -0.1) is 0 Å². The van der Waals surface area contributed by atoms with E-state index in [4.69, 9.17) is 10.5 Å². The number of rotatable bonds is 3. The number of pyridine rings is 1. The summed E-state index contributed by atoms with van der Waals surface area (Å²) in [5.74, 6) is 0.970. The highest BCUT2D eigenvalue weighted by Gasteiger charge is 2.21. The molecule has 1 aliphatic rings. The molecule has 3 heteroatoms. The van der Waals surface area contributed by atoms with Gasteiger partial charge >= 0.3 is 0 Å². The van der Waals surface area contributed by atoms with Gasteiger partial charge in [0.15, 0.2) is 0 Å². The Morgan fingerprint density at radius 3 is 2.89 bits per heavy atom. The van der Waals surface area contributed by atoms with E-state index in [9.17, 15) is 0 Å². The second-order valence-electron chi connectivity index (χ2n) is 4.61. The van der Waals surface area contributed by atoms with Crippen LogP contribution >= 0.6 is 0 Å². The Balaban J connectivity index is 1.78. The van der Waals surface area contributed by atoms with Gasteiger partial charge in [0.05, 0.1) is 0 Å². The number of hydrogen-bond acceptors (Lipinski definition) is 3. The van der Waals surface area contributed by atoms with Crippen LogP contribution in [-0.2, 0) is 13.0 Å². The Kier molecular flexibility index (Phi) is 2.99. The van der Waals surface area contributed by atoms with Crippen molar-refractivity contribution in [1.29, 1.82) is 0 Å². The number of ether oxygens (including phenoxy) is 1. The Morgan fingerprint density at radius 2 is 2.06 bits per heavy atom. The molecule has 2 aromatic rings. The molecule has 1 aliphatic carbocycles. The van der Waals surface area contributed by atoms with Gasteiger partial charge in [-0.2, -0.15) is 0 Å². The first-order valence-corrected chi connectivity index (χ1v) is 6.23. The standard InChI is InChI=1S/C15H16N2O/c16-14-5-4-13-12(14)2-1-3-15(13)18-10-11-6-8-17-9-7-11/h1-3,6-9,14H,4-5,10,16H2. The smallest absolute Gasteiger partial charge is 0.123 e. The van der Waals surface area contributed by atoms with E-state index >= 15 is 0 Å². The van der Waals surface area contributed by atoms with Crippen LogP contribution in [0.5, 0.6) is 5.75 Å². The average Bonchev–Trinajstić information content (AvgIpc) is 2.80. The van der Waals surface area contributed by atoms with Crippen LogP contribution in [0.1, 0.15) is 29.2 Å². The monoisotopic (exact) mass is 240 g/mol. The van der Waals surface area contributed by atoms with Crippen molar-refractivity contribution in [3.8, 4) is 5.75 Å². The van der Waals surface area contributed by atoms with Gasteiger partial charge in [0.1, 0.15) is 12.4 Å². The van der Waals surface area contributed by atoms with Gasteiger partial charge < -0.3 is 10.5 Å². The molecule has 1 unspecified atom stereocenters. The molecule has 0 saturated heterocycles. The maximum atomic E-state index is 6.06. The fourth-order valence-corrected chi connectivity index (χ4v) is 2.43. The predicted octanol–water partition coefficient (Wildman–Crippen LogP) is 2.61. The summed E-state index contributed by atoms with van der Waals surface area (Å²) in [4.78, 5) is 4.00. The van der Waals surface area contributed by atoms with Crippen LogP contribution in [0, 0.1) is 0 Å². The lowest BCUT2D eigenvalue weighted by atomic mass is 10.1. The van der Waals surface area contributed by atoms with E-state index in [1.54, 1.807) is 12.4 Å². The lowest BCUT2D eigenvalue weighted by Gasteiger charge is -2.11. The molecule has 0 saturated carbocycles. The first kappa shape index (κ1) is 11.2. The predicted molar refractivity (Wildman–Crippen MR) is 70.3 cm³/mol. The Hall–Kier alpha value is -1.87. The minimum Gasteiger partial charge on any atom is -0.489 e. The molecule has 0 spiro atoms. The maximum absolute atomic E-state index is 6.06. The maximum Gasteiger partial charge on any atom is 0.123 e. The number of nitrogens with two attached hydrogens (primary N) is 1. The molecule has 0 amide bonds. The SMILES string of the molecule is NC1CCc2c(OCc3ccncc3)cccc21. The highest BCUT2D eigenvalue weighted by molar-refractivity contribution is 5.45. The highest BCUT2D eigenvalue weighted by atomic mass is 16.5. The molecule has 2 N–H and O–H groups in total. The zero-order chi connectivity index (χ0) is 12.4. The molecule has 1 heterocycles. The first-order chi connectivity index (χ1) is 8.84. The lowest BCUT2D eigenvalue weighted by molar-refractivity contribution is 0.303. The van der Waals surface area contributed by atoms with Crippen LogP contribution in [0.2, 0.25) is 0 Å². The minimum absolute atomic E-state index is 0.171. The molecule has 0 bridgehead atoms. The second kappa shape index (κ2) is 4.78. The molecule has 1 aromatic heterocycles. The van der Waals surface area contributed by atoms with Crippen molar-refractivity contribution in [2.45, 2.75) is 25.5 Å². The van der Waals surface area contributed by atoms with E-state index in [0.717, 1.165) is 24.2 Å². The van der Waals surface area contributed by atoms with Crippen LogP contribution in [0.25, 0.3) is 0 Å². The molecule has 3 nitrogen and oxygen atoms in total. The topological polar surface area (TPSA) is 48.1 Å². The molecule has 3 rings (SSSR count). The van der Waals surface area contributed by atoms with E-state index < -0.39 is 0 Å². The fourth-order valence-electron chi connectivity index (χ4n) is 2.43. The summed E-state index contributed by atoms with van der Waals surface area (Å²) in [6.07, 6.45) is 5.60. The zero-order valence-electron chi connectivity index (χ0n) is 10.2. The summed E-state index contributed by atoms with van der Waals surface area (Å²) in [6.45, 7) is 0.578. The van der Waals surface area contributed by atoms with Crippen molar-refractivity contribution in [3.05, 3.63) is 59.4 Å². The molecule has 0 radical (unpaired) electrons. The Morgan fingerprint density at radius 1 is 1.22 bits per heavy atom. The second-order valence-corrected chi connectivity index (χ2v) is 4.61. The van der Waals surface area contributed by atoms with E-state index in [2.05, 4.69) is 11.1 Å². The van der Waals surface area contributed by atoms with Gasteiger partial charge in [-0.05, 0) is 47.7 Å². The zero-order valence-corrected chi connectivity index (χ0v) is 10.2. The fraction of sp³-hybridized carbons (Fsp3) is 0.267. The van der Waals surface area contributed by atoms with E-state index in [0.29, 0.717) is 6.61 Å². The summed E-state index contributed by atoms with van der Waals surface area (Å²) in [6, 6.07) is 10.3. The van der Waals surface area contributed by atoms with Crippen molar-refractivity contribution in [2.24, 2.45) is 5.73 Å². The Bertz CT molecular complexity index is 539. The van der Waals surface area contributed by atoms with Gasteiger partial charge in [-0.1, -0.05) is 12.1 Å². The summed E-state index contributed by atoms with van der Waals surface area (Å²) < 4.78 is 5.90. The van der Waals surface area contributed by atoms with Crippen LogP contribution in [0.15, 0.2) is 42.7 Å². The van der Waals surface area contributed by atoms with Gasteiger partial charge in [0.2, 0.25) is 0 Å². The van der Waals surface area contributed by atoms with Gasteiger partial charge in [-0.25, -0.2) is 0 Å². The van der Waals surface area contributed by atoms with Crippen molar-refractivity contribution < 1.29 is 4.74 Å². The average molecular weight is 240 g/mol. The number of aromatic nitrogens is 1. The quantitative estimate of drug-likeness (QED) is 0.897. The van der Waals surface area contributed by atoms with Crippen molar-refractivity contribution in [2.75, 3.05) is 0 Å². The third-order valence-electron chi connectivity index (χ3n) is 3.42. The third-order valence-corrected chi connectivity index (χ3v) is 3.42. The minimum atomic E-state index is 0.171. The normalized spacial score (nSPS) is 17.5. The Labute approximate surface area is 107 Å². The molecular formula is C15H16N2O. The molecule has 0 fully saturated rings. The summed E-state index contributed by atoms with van der Waals surface area (Å²) in [5, 5.41) is 0. The molecule has 1 aromatic carbocycles. The summed E-state index contributed by atoms with van der Waals surface area (Å²) in [7, 11) is 0. The summed E-state index contributed by atoms with van der Waals surface area (Å²) >= 11 is 0. The highest BCUT2D eigenvalue weighted by Crippen LogP contribution is 2.35. The largest absolute Gasteiger partial charge is 0.489 e. The first-order valence-electron chi connectivity index (χ1n) is 6.23. The number of nitrogens with zero attached hydrogens (tertiary/aromatic N) is 1. The van der Waals surface area contributed by atoms with Crippen LogP contribution in [-0.4, -0.2) is 4.98 Å². The molecule has 1 atom stereocenters. The van der Waals surface area contributed by atoms with Crippen molar-refractivity contribution in [3.63, 3.8) is 0 Å². The van der Waals surface area contributed by atoms with E-state index in [1.165, 1.54) is 11.1 Å². The van der Waals surface area contributed by atoms with E-state index in [-0.39, 0.29) is 6.04 Å². The van der Waals surface area contributed by atoms with Crippen molar-refractivity contribution in [1.82, 2.24) is 4.98 Å². The van der Waals surface area contributed by atoms with Crippen molar-refractivity contribution >= 4 is 0 Å². The number of benzene rings is 1. The third kappa shape index (κ3) is 2.09. The van der Waals surface area contributed by atoms with Gasteiger partial charge in [0.25, 0.3) is 0 Å². The van der Waals surface area contributed by atoms with Crippen LogP contribution < -0.4 is 10.5 Å². The number of hydrogen-bond donors (Lipinski definition) is 1. The molecule has 18 heavy (non-hydrogen) atoms. The molecule has 0 aliphatic heterocycles. The molecule has 92 valence electrons. The van der Waals surface area contributed by atoms with Gasteiger partial charge in [0, 0.05) is 18.4 Å². The lowest BCUT2D eigenvalue weighted by Crippen LogP contribution is -2.05. The van der Waals surface area contributed by atoms with E-state index in [1.807, 2.05) is 24.3 Å². The van der Waals surface area contributed by atoms with Gasteiger partial charge in [-0.3, -0.25) is 4.98 Å². The van der Waals surface area contributed by atoms with Crippen LogP contribution in [0.4, 0.5) is 0 Å². The number of fused-ring (bicyclic) bond motifs is 1. The molecular weight excluding hydrogens is 224 g/mol. The van der Waals surface area contributed by atoms with Crippen LogP contribution in [0.3, 0.4) is 0 Å².